The fourth-order valence-electron chi connectivity index (χ4n) is 8.73. The molecule has 27 heteroatoms. The lowest BCUT2D eigenvalue weighted by atomic mass is 10.0. The molecule has 2 atom stereocenters. The van der Waals surface area contributed by atoms with Crippen LogP contribution < -0.4 is 5.11 Å². The number of hydrogen-bond donors (Lipinski definition) is 0. The number of aliphatic carboxylic acids is 1. The maximum absolute atomic E-state index is 19.4. The van der Waals surface area contributed by atoms with Gasteiger partial charge in [-0.05, 0) is 45.1 Å². The summed E-state index contributed by atoms with van der Waals surface area (Å²) in [6.45, 7) is 7.76. The molecule has 0 bridgehead atoms. The Morgan fingerprint density at radius 3 is 0.878 bits per heavy atom. The highest BCUT2D eigenvalue weighted by molar-refractivity contribution is 7.91. The largest absolute Gasteiger partial charge is 0.545 e. The minimum atomic E-state index is -6.45. The lowest BCUT2D eigenvalue weighted by Gasteiger charge is -2.54. The van der Waals surface area contributed by atoms with Crippen LogP contribution in [0.1, 0.15) is 234 Å². The van der Waals surface area contributed by atoms with E-state index in [4.69, 9.17) is 0 Å². The molecular weight excluding hydrogens is 1080 g/mol. The van der Waals surface area contributed by atoms with E-state index >= 15 is 22.4 Å². The highest BCUT2D eigenvalue weighted by Gasteiger charge is 2.88. The summed E-state index contributed by atoms with van der Waals surface area (Å²) in [5.74, 6) is -16.8. The van der Waals surface area contributed by atoms with Gasteiger partial charge in [0.05, 0.1) is 29.0 Å². The fraction of sp³-hybridized carbons (Fsp3) is 0.936. The molecule has 0 saturated heterocycles. The van der Waals surface area contributed by atoms with Crippen molar-refractivity contribution in [2.75, 3.05) is 35.3 Å². The van der Waals surface area contributed by atoms with Crippen LogP contribution in [0.15, 0.2) is 12.2 Å². The number of carbonyl (C=O) groups excluding carboxylic acids is 1. The van der Waals surface area contributed by atoms with Gasteiger partial charge < -0.3 is 9.90 Å². The van der Waals surface area contributed by atoms with Gasteiger partial charge in [0.25, 0.3) is 0 Å². The molecule has 74 heavy (non-hydrogen) atoms. The van der Waals surface area contributed by atoms with Crippen LogP contribution in [0.2, 0.25) is 0 Å². The van der Waals surface area contributed by atoms with Crippen LogP contribution in [0.3, 0.4) is 0 Å². The van der Waals surface area contributed by atoms with Gasteiger partial charge >= 0.3 is 21.5 Å². The molecule has 0 amide bonds. The van der Waals surface area contributed by atoms with Crippen LogP contribution in [0, 0.1) is 0 Å². The number of carbonyl (C=O) groups is 1. The summed E-state index contributed by atoms with van der Waals surface area (Å²) in [4.78, 5) is 12.5. The Hall–Kier alpha value is -1.59. The third-order valence-corrected chi connectivity index (χ3v) is 21.5. The van der Waals surface area contributed by atoms with Crippen LogP contribution in [-0.2, 0) is 54.9 Å². The predicted octanol–water partition coefficient (Wildman–Crippen LogP) is 10.6. The van der Waals surface area contributed by atoms with Crippen molar-refractivity contribution >= 4 is 56.1 Å². The van der Waals surface area contributed by atoms with Gasteiger partial charge in [0.1, 0.15) is 12.3 Å². The Kier molecular flexibility index (Phi) is 35.1. The molecule has 0 aromatic carbocycles. The zero-order chi connectivity index (χ0) is 56.8. The molecule has 0 aliphatic carbocycles. The zero-order valence-electron chi connectivity index (χ0n) is 45.2. The molecule has 0 rings (SSSR count). The van der Waals surface area contributed by atoms with Gasteiger partial charge in [-0.25, -0.2) is 33.7 Å². The molecule has 2 unspecified atom stereocenters. The number of sulfonamides is 5. The SMILES string of the molecule is CCCCCCCCS(=O)(=O)N(F)C(N(F)S(=O)(=O)CCCCCCCC)(N(F)S(=O)(=O)CCCCCCCC)C(C=CC(=O)[O-])(N(F)S(=O)(=O)CCCCCCCC)[N+](F)(CC)S(=O)(=O)CCCCCCCC. The van der Waals surface area contributed by atoms with Gasteiger partial charge in [-0.3, -0.25) is 0 Å². The van der Waals surface area contributed by atoms with Crippen molar-refractivity contribution in [3.63, 3.8) is 0 Å². The first kappa shape index (κ1) is 72.4. The van der Waals surface area contributed by atoms with E-state index in [1.165, 1.54) is 0 Å². The molecule has 17 nitrogen and oxygen atoms in total. The van der Waals surface area contributed by atoms with Crippen LogP contribution >= 0.6 is 0 Å². The van der Waals surface area contributed by atoms with Crippen molar-refractivity contribution in [3.8, 4) is 0 Å². The lowest BCUT2D eigenvalue weighted by Crippen LogP contribution is -2.88. The summed E-state index contributed by atoms with van der Waals surface area (Å²) in [5.41, 5.74) is -5.75. The van der Waals surface area contributed by atoms with E-state index in [1.807, 2.05) is 34.6 Å². The number of rotatable bonds is 49. The number of unbranched alkanes of at least 4 members (excludes halogenated alkanes) is 25. The molecule has 0 fully saturated rings. The number of halogens is 5. The smallest absolute Gasteiger partial charge is 0.337 e. The van der Waals surface area contributed by atoms with E-state index in [9.17, 15) is 52.0 Å². The van der Waals surface area contributed by atoms with E-state index in [2.05, 4.69) is 0 Å². The highest BCUT2D eigenvalue weighted by Crippen LogP contribution is 2.55. The summed E-state index contributed by atoms with van der Waals surface area (Å²) < 4.78 is 228. The van der Waals surface area contributed by atoms with E-state index in [1.54, 1.807) is 0 Å². The van der Waals surface area contributed by atoms with Crippen LogP contribution in [0.5, 0.6) is 0 Å². The topological polar surface area (TPSA) is 224 Å². The Morgan fingerprint density at radius 2 is 0.635 bits per heavy atom. The molecule has 0 saturated carbocycles. The van der Waals surface area contributed by atoms with Crippen LogP contribution in [-0.4, -0.2) is 117 Å². The molecule has 0 radical (unpaired) electrons. The number of likely N-dealkylation sites (N-methyl/N-ethyl adjacent to an activating group) is 1. The van der Waals surface area contributed by atoms with Gasteiger partial charge in [0.2, 0.25) is 40.1 Å². The molecule has 0 aromatic heterocycles. The molecule has 0 aliphatic rings. The maximum atomic E-state index is 19.4. The fourth-order valence-corrected chi connectivity index (χ4v) is 16.5. The molecule has 0 aliphatic heterocycles. The van der Waals surface area contributed by atoms with Crippen molar-refractivity contribution in [2.24, 2.45) is 0 Å². The summed E-state index contributed by atoms with van der Waals surface area (Å²) in [6.07, 6.45) is 6.03. The summed E-state index contributed by atoms with van der Waals surface area (Å²) in [6, 6.07) is 0. The number of quaternary nitrogens is 1. The first-order chi connectivity index (χ1) is 34.6. The second kappa shape index (κ2) is 35.8. The molecular formula is C47H92F5N5O12S5. The van der Waals surface area contributed by atoms with Gasteiger partial charge in [-0.2, -0.15) is 8.42 Å². The van der Waals surface area contributed by atoms with Gasteiger partial charge in [0, 0.05) is 32.8 Å². The van der Waals surface area contributed by atoms with Crippen LogP contribution in [0.25, 0.3) is 0 Å². The molecule has 0 N–H and O–H groups in total. The first-order valence-corrected chi connectivity index (χ1v) is 35.2. The third-order valence-electron chi connectivity index (χ3n) is 13.1. The summed E-state index contributed by atoms with van der Waals surface area (Å²) in [7, 11) is -32.0. The molecule has 442 valence electrons. The summed E-state index contributed by atoms with van der Waals surface area (Å²) >= 11 is 0. The quantitative estimate of drug-likeness (QED) is 0.0182. The third kappa shape index (κ3) is 20.9. The van der Waals surface area contributed by atoms with Crippen molar-refractivity contribution in [3.05, 3.63) is 12.2 Å². The average Bonchev–Trinajstić information content (AvgIpc) is 3.34. The van der Waals surface area contributed by atoms with Crippen molar-refractivity contribution in [1.82, 2.24) is 18.1 Å². The van der Waals surface area contributed by atoms with E-state index in [0.29, 0.717) is 103 Å². The Balaban J connectivity index is 9.69. The number of carboxylic acid groups (broad SMARTS) is 1. The van der Waals surface area contributed by atoms with E-state index in [-0.39, 0.29) is 51.4 Å². The molecule has 0 spiro atoms. The highest BCUT2D eigenvalue weighted by atomic mass is 32.2. The zero-order valence-corrected chi connectivity index (χ0v) is 49.3. The van der Waals surface area contributed by atoms with Crippen molar-refractivity contribution in [2.45, 2.75) is 246 Å². The van der Waals surface area contributed by atoms with Gasteiger partial charge in [-0.1, -0.05) is 195 Å². The lowest BCUT2D eigenvalue weighted by molar-refractivity contribution is -1.01. The Morgan fingerprint density at radius 1 is 0.405 bits per heavy atom. The second-order valence-electron chi connectivity index (χ2n) is 19.2. The summed E-state index contributed by atoms with van der Waals surface area (Å²) in [5, 5.41) is 12.5. The van der Waals surface area contributed by atoms with Gasteiger partial charge in [-0.15, -0.1) is 17.9 Å². The monoisotopic (exact) mass is 1170 g/mol. The number of hydrogen-bond acceptors (Lipinski definition) is 12. The Bertz CT molecular complexity index is 2060. The molecule has 0 aromatic rings. The minimum absolute atomic E-state index is 0.0444. The predicted molar refractivity (Wildman–Crippen MR) is 279 cm³/mol. The average molecular weight is 1170 g/mol. The van der Waals surface area contributed by atoms with Crippen molar-refractivity contribution < 1.29 is 78.5 Å². The van der Waals surface area contributed by atoms with E-state index in [0.717, 1.165) is 12.8 Å². The normalized spacial score (nSPS) is 15.2. The maximum Gasteiger partial charge on any atom is 0.337 e. The van der Waals surface area contributed by atoms with E-state index < -0.39 is 169 Å². The minimum Gasteiger partial charge on any atom is -0.545 e. The Labute approximate surface area is 443 Å². The standard InChI is InChI=1S/C47H92F5N5O12S5/c1-7-13-18-23-28-33-40-70(60,61)53(48)46(39-38-45(58)59,57(52,12-6)74(68,69)44-37-32-27-22-17-11-5)47(54(49)71(62,63)41-34-29-24-19-14-8-2,55(50)72(64,65)42-35-30-25-20-15-9-3)56(51)73(66,67)43-36-31-26-21-16-10-4/h38-39H,7-37,40-44H2,1-6H3. The molecule has 0 heterocycles. The number of nitrogens with zero attached hydrogens (tertiary/aromatic N) is 5. The van der Waals surface area contributed by atoms with Crippen molar-refractivity contribution in [1.29, 1.82) is 0 Å². The van der Waals surface area contributed by atoms with Gasteiger partial charge in [0.15, 0.2) is 0 Å². The first-order valence-electron chi connectivity index (χ1n) is 27.1. The number of carboxylic acids is 1. The van der Waals surface area contributed by atoms with Crippen LogP contribution in [0.4, 0.5) is 22.4 Å². The second-order valence-corrected chi connectivity index (χ2v) is 29.0.